The first-order valence-electron chi connectivity index (χ1n) is 9.31. The van der Waals surface area contributed by atoms with Gasteiger partial charge < -0.3 is 15.4 Å². The lowest BCUT2D eigenvalue weighted by Gasteiger charge is -2.07. The number of aromatic amines is 1. The van der Waals surface area contributed by atoms with Crippen LogP contribution in [0.3, 0.4) is 0 Å². The van der Waals surface area contributed by atoms with Gasteiger partial charge in [-0.25, -0.2) is 9.18 Å². The van der Waals surface area contributed by atoms with E-state index in [1.807, 2.05) is 30.5 Å². The standard InChI is InChI=1S/C23H19FN2O3S/c1-12-7-14(3-5-18(12)24)10-25-22(27)21-13(2)17(11-30-21)15-4-6-19-16(8-15)9-20(26-19)23(28)29/h3-9,11,26H,10H2,1-2H3,(H,25,27)(H,28,29). The van der Waals surface area contributed by atoms with Crippen LogP contribution in [0.25, 0.3) is 22.0 Å². The van der Waals surface area contributed by atoms with Gasteiger partial charge in [0.1, 0.15) is 11.5 Å². The molecule has 0 radical (unpaired) electrons. The molecule has 0 aliphatic carbocycles. The summed E-state index contributed by atoms with van der Waals surface area (Å²) < 4.78 is 13.4. The Hall–Kier alpha value is -3.45. The molecule has 0 saturated carbocycles. The highest BCUT2D eigenvalue weighted by molar-refractivity contribution is 7.12. The Morgan fingerprint density at radius 1 is 1.13 bits per heavy atom. The highest BCUT2D eigenvalue weighted by Gasteiger charge is 2.17. The summed E-state index contributed by atoms with van der Waals surface area (Å²) in [5.74, 6) is -1.45. The Labute approximate surface area is 176 Å². The first-order valence-corrected chi connectivity index (χ1v) is 10.2. The fraction of sp³-hybridized carbons (Fsp3) is 0.130. The largest absolute Gasteiger partial charge is 0.477 e. The molecule has 0 fully saturated rings. The molecule has 0 bridgehead atoms. The van der Waals surface area contributed by atoms with Gasteiger partial charge in [-0.3, -0.25) is 4.79 Å². The molecule has 0 aliphatic heterocycles. The van der Waals surface area contributed by atoms with Crippen LogP contribution in [0.4, 0.5) is 4.39 Å². The third-order valence-corrected chi connectivity index (χ3v) is 6.16. The molecule has 4 rings (SSSR count). The number of carbonyl (C=O) groups is 2. The molecule has 0 atom stereocenters. The minimum Gasteiger partial charge on any atom is -0.477 e. The second-order valence-electron chi connectivity index (χ2n) is 7.16. The molecule has 0 aliphatic rings. The minimum atomic E-state index is -1.00. The number of aromatic nitrogens is 1. The normalized spacial score (nSPS) is 11.0. The second-order valence-corrected chi connectivity index (χ2v) is 8.04. The molecule has 1 amide bonds. The summed E-state index contributed by atoms with van der Waals surface area (Å²) in [6.45, 7) is 3.91. The number of H-pyrrole nitrogens is 1. The Morgan fingerprint density at radius 2 is 1.93 bits per heavy atom. The van der Waals surface area contributed by atoms with Crippen LogP contribution in [0.2, 0.25) is 0 Å². The van der Waals surface area contributed by atoms with Crippen molar-refractivity contribution in [1.82, 2.24) is 10.3 Å². The van der Waals surface area contributed by atoms with Crippen molar-refractivity contribution in [3.8, 4) is 11.1 Å². The van der Waals surface area contributed by atoms with Crippen molar-refractivity contribution < 1.29 is 19.1 Å². The number of carboxylic acids is 1. The summed E-state index contributed by atoms with van der Waals surface area (Å²) in [4.78, 5) is 27.3. The van der Waals surface area contributed by atoms with Crippen LogP contribution in [-0.4, -0.2) is 22.0 Å². The van der Waals surface area contributed by atoms with E-state index in [-0.39, 0.29) is 17.4 Å². The SMILES string of the molecule is Cc1cc(CNC(=O)c2scc(-c3ccc4[nH]c(C(=O)O)cc4c3)c2C)ccc1F. The lowest BCUT2D eigenvalue weighted by Crippen LogP contribution is -2.22. The molecule has 7 heteroatoms. The van der Waals surface area contributed by atoms with Crippen LogP contribution >= 0.6 is 11.3 Å². The zero-order valence-electron chi connectivity index (χ0n) is 16.4. The fourth-order valence-electron chi connectivity index (χ4n) is 3.42. The molecular weight excluding hydrogens is 403 g/mol. The summed E-state index contributed by atoms with van der Waals surface area (Å²) in [5, 5.41) is 14.8. The lowest BCUT2D eigenvalue weighted by molar-refractivity contribution is 0.0691. The highest BCUT2D eigenvalue weighted by Crippen LogP contribution is 2.33. The van der Waals surface area contributed by atoms with Crippen molar-refractivity contribution in [1.29, 1.82) is 0 Å². The third kappa shape index (κ3) is 3.71. The quantitative estimate of drug-likeness (QED) is 0.409. The maximum Gasteiger partial charge on any atom is 0.352 e. The molecule has 4 aromatic rings. The third-order valence-electron chi connectivity index (χ3n) is 5.08. The second kappa shape index (κ2) is 7.76. The number of amides is 1. The maximum absolute atomic E-state index is 13.4. The zero-order chi connectivity index (χ0) is 21.4. The van der Waals surface area contributed by atoms with Crippen molar-refractivity contribution in [2.24, 2.45) is 0 Å². The molecule has 2 aromatic heterocycles. The van der Waals surface area contributed by atoms with E-state index in [1.165, 1.54) is 17.4 Å². The Bertz CT molecular complexity index is 1290. The molecular formula is C23H19FN2O3S. The molecule has 2 heterocycles. The number of benzene rings is 2. The van der Waals surface area contributed by atoms with Crippen molar-refractivity contribution in [2.75, 3.05) is 0 Å². The predicted octanol–water partition coefficient (Wildman–Crippen LogP) is 5.28. The highest BCUT2D eigenvalue weighted by atomic mass is 32.1. The van der Waals surface area contributed by atoms with Gasteiger partial charge in [0.05, 0.1) is 4.88 Å². The number of nitrogens with one attached hydrogen (secondary N) is 2. The van der Waals surface area contributed by atoms with Crippen molar-refractivity contribution in [3.05, 3.63) is 80.9 Å². The number of rotatable bonds is 5. The summed E-state index contributed by atoms with van der Waals surface area (Å²) in [6, 6.07) is 12.0. The molecule has 30 heavy (non-hydrogen) atoms. The van der Waals surface area contributed by atoms with Gasteiger partial charge in [0.2, 0.25) is 0 Å². The van der Waals surface area contributed by atoms with Crippen LogP contribution in [0.1, 0.15) is 36.9 Å². The Morgan fingerprint density at radius 3 is 2.67 bits per heavy atom. The van der Waals surface area contributed by atoms with E-state index in [1.54, 1.807) is 25.1 Å². The molecule has 0 spiro atoms. The fourth-order valence-corrected chi connectivity index (χ4v) is 4.43. The summed E-state index contributed by atoms with van der Waals surface area (Å²) in [6.07, 6.45) is 0. The number of carbonyl (C=O) groups excluding carboxylic acids is 1. The van der Waals surface area contributed by atoms with E-state index in [0.29, 0.717) is 17.0 Å². The monoisotopic (exact) mass is 422 g/mol. The van der Waals surface area contributed by atoms with Crippen LogP contribution in [0.5, 0.6) is 0 Å². The van der Waals surface area contributed by atoms with E-state index < -0.39 is 5.97 Å². The van der Waals surface area contributed by atoms with Crippen LogP contribution in [0, 0.1) is 19.7 Å². The van der Waals surface area contributed by atoms with Crippen LogP contribution in [0.15, 0.2) is 47.8 Å². The van der Waals surface area contributed by atoms with Crippen molar-refractivity contribution in [3.63, 3.8) is 0 Å². The maximum atomic E-state index is 13.4. The zero-order valence-corrected chi connectivity index (χ0v) is 17.2. The van der Waals surface area contributed by atoms with E-state index in [0.717, 1.165) is 33.2 Å². The topological polar surface area (TPSA) is 82.2 Å². The predicted molar refractivity (Wildman–Crippen MR) is 116 cm³/mol. The Kier molecular flexibility index (Phi) is 5.13. The first kappa shape index (κ1) is 19.8. The van der Waals surface area contributed by atoms with Gasteiger partial charge in [-0.15, -0.1) is 11.3 Å². The van der Waals surface area contributed by atoms with E-state index in [4.69, 9.17) is 5.11 Å². The number of aryl methyl sites for hydroxylation is 1. The molecule has 0 unspecified atom stereocenters. The van der Waals surface area contributed by atoms with Crippen LogP contribution in [-0.2, 0) is 6.54 Å². The lowest BCUT2D eigenvalue weighted by atomic mass is 10.0. The molecule has 3 N–H and O–H groups in total. The van der Waals surface area contributed by atoms with Gasteiger partial charge in [0.25, 0.3) is 5.91 Å². The van der Waals surface area contributed by atoms with Gasteiger partial charge in [0.15, 0.2) is 0 Å². The Balaban J connectivity index is 1.55. The average molecular weight is 422 g/mol. The molecule has 5 nitrogen and oxygen atoms in total. The van der Waals surface area contributed by atoms with E-state index >= 15 is 0 Å². The van der Waals surface area contributed by atoms with Gasteiger partial charge in [-0.2, -0.15) is 0 Å². The first-order chi connectivity index (χ1) is 14.3. The minimum absolute atomic E-state index is 0.139. The molecule has 152 valence electrons. The smallest absolute Gasteiger partial charge is 0.352 e. The number of halogens is 1. The summed E-state index contributed by atoms with van der Waals surface area (Å²) in [5.41, 5.74) is 4.98. The van der Waals surface area contributed by atoms with Gasteiger partial charge in [-0.1, -0.05) is 18.2 Å². The van der Waals surface area contributed by atoms with E-state index in [2.05, 4.69) is 10.3 Å². The average Bonchev–Trinajstić information content (AvgIpc) is 3.31. The molecule has 2 aromatic carbocycles. The van der Waals surface area contributed by atoms with E-state index in [9.17, 15) is 14.0 Å². The van der Waals surface area contributed by atoms with Gasteiger partial charge in [-0.05, 0) is 71.3 Å². The summed E-state index contributed by atoms with van der Waals surface area (Å²) >= 11 is 1.36. The number of fused-ring (bicyclic) bond motifs is 1. The summed E-state index contributed by atoms with van der Waals surface area (Å²) in [7, 11) is 0. The van der Waals surface area contributed by atoms with Crippen LogP contribution < -0.4 is 5.32 Å². The number of hydrogen-bond acceptors (Lipinski definition) is 3. The van der Waals surface area contributed by atoms with Crippen molar-refractivity contribution >= 4 is 34.1 Å². The number of hydrogen-bond donors (Lipinski definition) is 3. The van der Waals surface area contributed by atoms with Crippen molar-refractivity contribution in [2.45, 2.75) is 20.4 Å². The number of thiophene rings is 1. The number of carboxylic acid groups (broad SMARTS) is 1. The van der Waals surface area contributed by atoms with Gasteiger partial charge >= 0.3 is 5.97 Å². The number of aromatic carboxylic acids is 1. The molecule has 0 saturated heterocycles. The van der Waals surface area contributed by atoms with Gasteiger partial charge in [0, 0.05) is 17.4 Å².